The number of quaternary nitrogens is 1. The van der Waals surface area contributed by atoms with Gasteiger partial charge < -0.3 is 14.4 Å². The van der Waals surface area contributed by atoms with Crippen LogP contribution in [0.4, 0.5) is 0 Å². The van der Waals surface area contributed by atoms with Gasteiger partial charge in [-0.05, 0) is 46.0 Å². The van der Waals surface area contributed by atoms with Crippen molar-refractivity contribution in [3.8, 4) is 0 Å². The fourth-order valence-electron chi connectivity index (χ4n) is 3.59. The third-order valence-corrected chi connectivity index (χ3v) is 7.03. The minimum absolute atomic E-state index is 0.200. The molecule has 0 rings (SSSR count). The molecule has 8 heteroatoms. The van der Waals surface area contributed by atoms with Crippen molar-refractivity contribution in [3.05, 3.63) is 12.2 Å². The summed E-state index contributed by atoms with van der Waals surface area (Å²) in [6.45, 7) is 10.9. The van der Waals surface area contributed by atoms with Crippen molar-refractivity contribution in [1.29, 1.82) is 0 Å². The Morgan fingerprint density at radius 3 is 1.71 bits per heavy atom. The van der Waals surface area contributed by atoms with E-state index in [4.69, 9.17) is 0 Å². The van der Waals surface area contributed by atoms with E-state index >= 15 is 0 Å². The van der Waals surface area contributed by atoms with Gasteiger partial charge in [-0.25, -0.2) is 8.42 Å². The van der Waals surface area contributed by atoms with Crippen LogP contribution in [0.3, 0.4) is 0 Å². The van der Waals surface area contributed by atoms with Crippen LogP contribution in [-0.4, -0.2) is 56.8 Å². The fraction of sp³-hybridized carbons (Fsp3) is 0.885. The lowest BCUT2D eigenvalue weighted by Crippen LogP contribution is -2.58. The summed E-state index contributed by atoms with van der Waals surface area (Å²) in [5.74, 6) is 0.219. The number of carbonyl (C=O) groups is 1. The van der Waals surface area contributed by atoms with Crippen molar-refractivity contribution < 1.29 is 26.4 Å². The Kier molecular flexibility index (Phi) is 23.3. The Labute approximate surface area is 211 Å². The van der Waals surface area contributed by atoms with Gasteiger partial charge in [0.25, 0.3) is 0 Å². The molecule has 0 radical (unpaired) electrons. The average Bonchev–Trinajstić information content (AvgIpc) is 2.80. The smallest absolute Gasteiger partial charge is 0.224 e. The summed E-state index contributed by atoms with van der Waals surface area (Å²) in [6, 6.07) is 0. The van der Waals surface area contributed by atoms with Crippen LogP contribution in [0.5, 0.6) is 0 Å². The molecule has 1 N–H and O–H groups in total. The fourth-order valence-corrected chi connectivity index (χ4v) is 3.59. The molecule has 0 saturated carbocycles. The summed E-state index contributed by atoms with van der Waals surface area (Å²) < 4.78 is 31.9. The van der Waals surface area contributed by atoms with E-state index in [1.807, 2.05) is 0 Å². The topological polar surface area (TPSA) is 95.5 Å². The maximum Gasteiger partial charge on any atom is 0.224 e. The molecule has 0 spiro atoms. The molecule has 0 bridgehead atoms. The van der Waals surface area contributed by atoms with E-state index in [1.54, 1.807) is 0 Å². The molecule has 0 fully saturated rings. The molecule has 0 saturated heterocycles. The van der Waals surface area contributed by atoms with Gasteiger partial charge in [0.15, 0.2) is 6.17 Å². The number of amides is 1. The highest BCUT2D eigenvalue weighted by atomic mass is 32.3. The van der Waals surface area contributed by atoms with Crippen LogP contribution in [-0.2, 0) is 19.4 Å². The zero-order valence-electron chi connectivity index (χ0n) is 22.9. The van der Waals surface area contributed by atoms with Crippen molar-refractivity contribution >= 4 is 16.3 Å². The Balaban J connectivity index is 0. The summed E-state index contributed by atoms with van der Waals surface area (Å²) in [6.07, 6.45) is 22.5. The van der Waals surface area contributed by atoms with Crippen molar-refractivity contribution in [2.24, 2.45) is 0 Å². The van der Waals surface area contributed by atoms with Gasteiger partial charge in [0.1, 0.15) is 0 Å². The first kappa shape index (κ1) is 35.2. The highest BCUT2D eigenvalue weighted by Gasteiger charge is 2.26. The zero-order valence-corrected chi connectivity index (χ0v) is 23.8. The molecule has 0 aliphatic heterocycles. The number of nitrogens with one attached hydrogen (secondary N) is 1. The quantitative estimate of drug-likeness (QED) is 0.0540. The van der Waals surface area contributed by atoms with Crippen LogP contribution in [0.25, 0.3) is 0 Å². The van der Waals surface area contributed by atoms with Crippen LogP contribution >= 0.6 is 0 Å². The van der Waals surface area contributed by atoms with Gasteiger partial charge in [0.2, 0.25) is 16.3 Å². The van der Waals surface area contributed by atoms with Gasteiger partial charge in [-0.3, -0.25) is 8.98 Å². The molecule has 34 heavy (non-hydrogen) atoms. The Morgan fingerprint density at radius 2 is 1.29 bits per heavy atom. The SMILES string of the molecule is CCCCCCCC/C=C\CCCCCCCC(=O)NC(C)[N+](C)(CC)CC.COS(=O)(=O)[O-]. The normalized spacial score (nSPS) is 12.9. The van der Waals surface area contributed by atoms with E-state index in [9.17, 15) is 17.8 Å². The first-order valence-corrected chi connectivity index (χ1v) is 14.7. The third kappa shape index (κ3) is 22.8. The van der Waals surface area contributed by atoms with Gasteiger partial charge in [-0.15, -0.1) is 0 Å². The van der Waals surface area contributed by atoms with Crippen molar-refractivity contribution in [2.45, 2.75) is 124 Å². The minimum Gasteiger partial charge on any atom is -0.726 e. The van der Waals surface area contributed by atoms with Crippen molar-refractivity contribution in [2.75, 3.05) is 27.2 Å². The highest BCUT2D eigenvalue weighted by molar-refractivity contribution is 7.80. The predicted molar refractivity (Wildman–Crippen MR) is 141 cm³/mol. The lowest BCUT2D eigenvalue weighted by Gasteiger charge is -2.38. The van der Waals surface area contributed by atoms with Crippen LogP contribution in [0, 0.1) is 0 Å². The van der Waals surface area contributed by atoms with Crippen molar-refractivity contribution in [1.82, 2.24) is 5.32 Å². The lowest BCUT2D eigenvalue weighted by atomic mass is 10.1. The Morgan fingerprint density at radius 1 is 0.882 bits per heavy atom. The molecule has 0 aromatic carbocycles. The van der Waals surface area contributed by atoms with Gasteiger partial charge in [0.05, 0.1) is 27.2 Å². The number of allylic oxidation sites excluding steroid dienone is 2. The molecule has 0 heterocycles. The van der Waals surface area contributed by atoms with Gasteiger partial charge in [-0.2, -0.15) is 0 Å². The maximum absolute atomic E-state index is 12.1. The van der Waals surface area contributed by atoms with Crippen LogP contribution < -0.4 is 5.32 Å². The van der Waals surface area contributed by atoms with Gasteiger partial charge in [0, 0.05) is 13.3 Å². The largest absolute Gasteiger partial charge is 0.726 e. The minimum atomic E-state index is -4.41. The number of nitrogens with zero attached hydrogens (tertiary/aromatic N) is 1. The third-order valence-electron chi connectivity index (χ3n) is 6.62. The summed E-state index contributed by atoms with van der Waals surface area (Å²) in [5, 5.41) is 3.20. The average molecular weight is 507 g/mol. The first-order chi connectivity index (χ1) is 16.1. The molecular formula is C26H54N2O5S. The standard InChI is InChI=1S/C25H50N2O.CH4O4S/c1-6-9-10-11-12-13-14-15-16-17-18-19-20-21-22-23-25(28)26-24(4)27(5,7-2)8-3;1-5-6(2,3)4/h15-16,24H,6-14,17-23H2,1-5H3;1H3,(H,2,3,4)/b16-15-;. The summed E-state index contributed by atoms with van der Waals surface area (Å²) >= 11 is 0. The maximum atomic E-state index is 12.1. The predicted octanol–water partition coefficient (Wildman–Crippen LogP) is 6.07. The molecule has 7 nitrogen and oxygen atoms in total. The Bertz CT molecular complexity index is 604. The highest BCUT2D eigenvalue weighted by Crippen LogP contribution is 2.11. The van der Waals surface area contributed by atoms with E-state index in [1.165, 1.54) is 77.0 Å². The summed E-state index contributed by atoms with van der Waals surface area (Å²) in [7, 11) is -1.39. The number of rotatable bonds is 20. The lowest BCUT2D eigenvalue weighted by molar-refractivity contribution is -0.930. The van der Waals surface area contributed by atoms with Gasteiger partial charge in [-0.1, -0.05) is 70.4 Å². The number of hydrogen-bond acceptors (Lipinski definition) is 5. The summed E-state index contributed by atoms with van der Waals surface area (Å²) in [5.41, 5.74) is 0. The molecule has 204 valence electrons. The van der Waals surface area contributed by atoms with E-state index in [0.717, 1.165) is 31.1 Å². The molecule has 1 atom stereocenters. The van der Waals surface area contributed by atoms with Crippen molar-refractivity contribution in [3.63, 3.8) is 0 Å². The molecule has 1 amide bonds. The number of hydrogen-bond donors (Lipinski definition) is 1. The van der Waals surface area contributed by atoms with E-state index in [-0.39, 0.29) is 12.1 Å². The molecule has 0 aromatic heterocycles. The van der Waals surface area contributed by atoms with E-state index in [0.29, 0.717) is 6.42 Å². The molecule has 0 aliphatic carbocycles. The first-order valence-electron chi connectivity index (χ1n) is 13.4. The second-order valence-electron chi connectivity index (χ2n) is 9.26. The van der Waals surface area contributed by atoms with Crippen LogP contribution in [0.2, 0.25) is 0 Å². The molecule has 0 aliphatic rings. The van der Waals surface area contributed by atoms with E-state index < -0.39 is 10.4 Å². The second-order valence-corrected chi connectivity index (χ2v) is 10.4. The monoisotopic (exact) mass is 506 g/mol. The van der Waals surface area contributed by atoms with E-state index in [2.05, 4.69) is 56.4 Å². The number of unbranched alkanes of at least 4 members (excludes halogenated alkanes) is 11. The zero-order chi connectivity index (χ0) is 26.3. The molecular weight excluding hydrogens is 452 g/mol. The summed E-state index contributed by atoms with van der Waals surface area (Å²) in [4.78, 5) is 12.1. The van der Waals surface area contributed by atoms with Crippen LogP contribution in [0.15, 0.2) is 12.2 Å². The molecule has 1 unspecified atom stereocenters. The Hall–Kier alpha value is -0.960. The van der Waals surface area contributed by atoms with Gasteiger partial charge >= 0.3 is 0 Å². The molecule has 0 aromatic rings. The number of carbonyl (C=O) groups excluding carboxylic acids is 1. The van der Waals surface area contributed by atoms with Crippen LogP contribution in [0.1, 0.15) is 118 Å². The second kappa shape index (κ2) is 22.5.